The van der Waals surface area contributed by atoms with E-state index in [1.54, 1.807) is 0 Å². The number of hydrogen-bond acceptors (Lipinski definition) is 3. The molecular weight excluding hydrogens is 364 g/mol. The molecule has 0 bridgehead atoms. The van der Waals surface area contributed by atoms with Crippen LogP contribution < -0.4 is 15.4 Å². The normalized spacial score (nSPS) is 14.9. The molecule has 2 aromatic carbocycles. The zero-order chi connectivity index (χ0) is 20.1. The molecule has 2 aromatic rings. The molecule has 2 N–H and O–H groups in total. The number of fused-ring (bicyclic) bond motifs is 1. The van der Waals surface area contributed by atoms with Gasteiger partial charge in [0, 0.05) is 12.6 Å². The highest BCUT2D eigenvalue weighted by molar-refractivity contribution is 5.79. The van der Waals surface area contributed by atoms with Crippen LogP contribution >= 0.6 is 0 Å². The third kappa shape index (κ3) is 5.83. The summed E-state index contributed by atoms with van der Waals surface area (Å²) in [4.78, 5) is 23.9. The fraction of sp³-hybridized carbons (Fsp3) is 0.417. The molecule has 1 fully saturated rings. The van der Waals surface area contributed by atoms with Gasteiger partial charge in [-0.2, -0.15) is 0 Å². The van der Waals surface area contributed by atoms with E-state index in [1.165, 1.54) is 24.0 Å². The molecule has 0 aliphatic heterocycles. The van der Waals surface area contributed by atoms with Crippen molar-refractivity contribution < 1.29 is 14.3 Å². The van der Waals surface area contributed by atoms with Crippen molar-refractivity contribution in [3.05, 3.63) is 64.7 Å². The Morgan fingerprint density at radius 3 is 2.48 bits per heavy atom. The topological polar surface area (TPSA) is 67.4 Å². The lowest BCUT2D eigenvalue weighted by molar-refractivity contribution is -0.123. The Bertz CT molecular complexity index is 872. The maximum atomic E-state index is 12.2. The lowest BCUT2D eigenvalue weighted by Gasteiger charge is -2.09. The smallest absolute Gasteiger partial charge is 0.258 e. The molecule has 152 valence electrons. The molecule has 5 nitrogen and oxygen atoms in total. The van der Waals surface area contributed by atoms with Gasteiger partial charge in [-0.3, -0.25) is 9.59 Å². The minimum absolute atomic E-state index is 0.0502. The van der Waals surface area contributed by atoms with E-state index in [0.29, 0.717) is 24.8 Å². The number of rotatable bonds is 9. The van der Waals surface area contributed by atoms with E-state index in [9.17, 15) is 9.59 Å². The SMILES string of the molecule is O=C(Cc1ccc2c(c1)CCC2)NCCc1ccc(OCC(=O)NC2CC2)cc1. The van der Waals surface area contributed by atoms with Crippen LogP contribution in [0.25, 0.3) is 0 Å². The molecule has 0 atom stereocenters. The van der Waals surface area contributed by atoms with Crippen LogP contribution in [-0.2, 0) is 35.3 Å². The van der Waals surface area contributed by atoms with E-state index in [-0.39, 0.29) is 18.4 Å². The quantitative estimate of drug-likeness (QED) is 0.690. The number of carbonyl (C=O) groups is 2. The standard InChI is InChI=1S/C24H28N2O3/c27-23(15-18-4-7-19-2-1-3-20(19)14-18)25-13-12-17-5-10-22(11-6-17)29-16-24(28)26-21-8-9-21/h4-7,10-11,14,21H,1-3,8-9,12-13,15-16H2,(H,25,27)(H,26,28). The molecule has 0 unspecified atom stereocenters. The van der Waals surface area contributed by atoms with Gasteiger partial charge in [-0.05, 0) is 72.9 Å². The van der Waals surface area contributed by atoms with Gasteiger partial charge in [-0.25, -0.2) is 0 Å². The molecule has 2 aliphatic rings. The van der Waals surface area contributed by atoms with Crippen LogP contribution in [0.1, 0.15) is 41.5 Å². The first kappa shape index (κ1) is 19.5. The van der Waals surface area contributed by atoms with Gasteiger partial charge >= 0.3 is 0 Å². The third-order valence-corrected chi connectivity index (χ3v) is 5.50. The van der Waals surface area contributed by atoms with E-state index in [0.717, 1.165) is 36.8 Å². The van der Waals surface area contributed by atoms with E-state index < -0.39 is 0 Å². The summed E-state index contributed by atoms with van der Waals surface area (Å²) in [6.45, 7) is 0.655. The van der Waals surface area contributed by atoms with Crippen LogP contribution in [0.3, 0.4) is 0 Å². The van der Waals surface area contributed by atoms with E-state index in [1.807, 2.05) is 24.3 Å². The second kappa shape index (κ2) is 9.12. The highest BCUT2D eigenvalue weighted by Gasteiger charge is 2.23. The number of ether oxygens (including phenoxy) is 1. The zero-order valence-electron chi connectivity index (χ0n) is 16.7. The summed E-state index contributed by atoms with van der Waals surface area (Å²) in [7, 11) is 0. The maximum absolute atomic E-state index is 12.2. The second-order valence-electron chi connectivity index (χ2n) is 8.01. The maximum Gasteiger partial charge on any atom is 0.258 e. The molecule has 2 aliphatic carbocycles. The summed E-state index contributed by atoms with van der Waals surface area (Å²) >= 11 is 0. The fourth-order valence-electron chi connectivity index (χ4n) is 3.73. The number of benzene rings is 2. The summed E-state index contributed by atoms with van der Waals surface area (Å²) < 4.78 is 5.51. The van der Waals surface area contributed by atoms with Gasteiger partial charge in [-0.1, -0.05) is 30.3 Å². The molecule has 0 saturated heterocycles. The predicted molar refractivity (Wildman–Crippen MR) is 112 cm³/mol. The lowest BCUT2D eigenvalue weighted by atomic mass is 10.0. The Morgan fingerprint density at radius 2 is 1.69 bits per heavy atom. The molecule has 0 aromatic heterocycles. The summed E-state index contributed by atoms with van der Waals surface area (Å²) in [5.74, 6) is 0.674. The average Bonchev–Trinajstić information content (AvgIpc) is 3.40. The zero-order valence-corrected chi connectivity index (χ0v) is 16.7. The van der Waals surface area contributed by atoms with Crippen LogP contribution in [0.4, 0.5) is 0 Å². The first-order chi connectivity index (χ1) is 14.2. The average molecular weight is 392 g/mol. The van der Waals surface area contributed by atoms with Gasteiger partial charge in [0.25, 0.3) is 5.91 Å². The van der Waals surface area contributed by atoms with Crippen molar-refractivity contribution in [1.29, 1.82) is 0 Å². The van der Waals surface area contributed by atoms with Crippen molar-refractivity contribution in [2.75, 3.05) is 13.2 Å². The highest BCUT2D eigenvalue weighted by atomic mass is 16.5. The summed E-state index contributed by atoms with van der Waals surface area (Å²) in [5.41, 5.74) is 5.06. The first-order valence-electron chi connectivity index (χ1n) is 10.5. The van der Waals surface area contributed by atoms with Gasteiger partial charge in [0.15, 0.2) is 6.61 Å². The van der Waals surface area contributed by atoms with Gasteiger partial charge in [0.1, 0.15) is 5.75 Å². The summed E-state index contributed by atoms with van der Waals surface area (Å²) in [6, 6.07) is 14.5. The molecule has 5 heteroatoms. The minimum atomic E-state index is -0.0670. The van der Waals surface area contributed by atoms with Crippen LogP contribution in [0.2, 0.25) is 0 Å². The number of aryl methyl sites for hydroxylation is 2. The third-order valence-electron chi connectivity index (χ3n) is 5.50. The molecule has 2 amide bonds. The summed E-state index contributed by atoms with van der Waals surface area (Å²) in [6.07, 6.45) is 6.87. The fourth-order valence-corrected chi connectivity index (χ4v) is 3.73. The lowest BCUT2D eigenvalue weighted by Crippen LogP contribution is -2.30. The van der Waals surface area contributed by atoms with E-state index in [4.69, 9.17) is 4.74 Å². The molecule has 1 saturated carbocycles. The van der Waals surface area contributed by atoms with Crippen molar-refractivity contribution in [2.45, 2.75) is 51.0 Å². The van der Waals surface area contributed by atoms with Crippen LogP contribution in [0.15, 0.2) is 42.5 Å². The van der Waals surface area contributed by atoms with E-state index >= 15 is 0 Å². The molecule has 0 heterocycles. The molecule has 29 heavy (non-hydrogen) atoms. The van der Waals surface area contributed by atoms with Gasteiger partial charge < -0.3 is 15.4 Å². The van der Waals surface area contributed by atoms with Crippen LogP contribution in [-0.4, -0.2) is 31.0 Å². The largest absolute Gasteiger partial charge is 0.484 e. The van der Waals surface area contributed by atoms with E-state index in [2.05, 4.69) is 28.8 Å². The summed E-state index contributed by atoms with van der Waals surface area (Å²) in [5, 5.41) is 5.90. The monoisotopic (exact) mass is 392 g/mol. The highest BCUT2D eigenvalue weighted by Crippen LogP contribution is 2.23. The molecular formula is C24H28N2O3. The number of hydrogen-bond donors (Lipinski definition) is 2. The predicted octanol–water partition coefficient (Wildman–Crippen LogP) is 2.73. The minimum Gasteiger partial charge on any atom is -0.484 e. The Balaban J connectivity index is 1.16. The van der Waals surface area contributed by atoms with Gasteiger partial charge in [-0.15, -0.1) is 0 Å². The first-order valence-corrected chi connectivity index (χ1v) is 10.5. The van der Waals surface area contributed by atoms with Crippen molar-refractivity contribution in [3.8, 4) is 5.75 Å². The van der Waals surface area contributed by atoms with Crippen molar-refractivity contribution in [1.82, 2.24) is 10.6 Å². The molecule has 4 rings (SSSR count). The second-order valence-corrected chi connectivity index (χ2v) is 8.01. The van der Waals surface area contributed by atoms with Crippen molar-refractivity contribution >= 4 is 11.8 Å². The Morgan fingerprint density at radius 1 is 0.931 bits per heavy atom. The van der Waals surface area contributed by atoms with Crippen molar-refractivity contribution in [3.63, 3.8) is 0 Å². The van der Waals surface area contributed by atoms with Gasteiger partial charge in [0.05, 0.1) is 6.42 Å². The van der Waals surface area contributed by atoms with Crippen LogP contribution in [0.5, 0.6) is 5.75 Å². The van der Waals surface area contributed by atoms with Crippen molar-refractivity contribution in [2.24, 2.45) is 0 Å². The Labute approximate surface area is 171 Å². The Kier molecular flexibility index (Phi) is 6.13. The Hall–Kier alpha value is -2.82. The molecule has 0 spiro atoms. The van der Waals surface area contributed by atoms with Gasteiger partial charge in [0.2, 0.25) is 5.91 Å². The van der Waals surface area contributed by atoms with Crippen LogP contribution in [0, 0.1) is 0 Å². The number of amides is 2. The number of carbonyl (C=O) groups excluding carboxylic acids is 2. The number of nitrogens with one attached hydrogen (secondary N) is 2. The molecule has 0 radical (unpaired) electrons.